The summed E-state index contributed by atoms with van der Waals surface area (Å²) in [5, 5.41) is 9.07. The Labute approximate surface area is 191 Å². The highest BCUT2D eigenvalue weighted by Gasteiger charge is 2.29. The molecule has 2 aliphatic heterocycles. The van der Waals surface area contributed by atoms with E-state index in [9.17, 15) is 13.2 Å². The number of halogens is 1. The van der Waals surface area contributed by atoms with E-state index in [-0.39, 0.29) is 29.1 Å². The number of carbonyl (C=O) groups excluding carboxylic acids is 1. The van der Waals surface area contributed by atoms with Gasteiger partial charge in [-0.2, -0.15) is 0 Å². The zero-order valence-electron chi connectivity index (χ0n) is 17.1. The summed E-state index contributed by atoms with van der Waals surface area (Å²) >= 11 is 7.28. The minimum Gasteiger partial charge on any atom is -0.416 e. The van der Waals surface area contributed by atoms with Crippen LogP contribution < -0.4 is 0 Å². The van der Waals surface area contributed by atoms with Gasteiger partial charge in [0.05, 0.1) is 17.3 Å². The fourth-order valence-electron chi connectivity index (χ4n) is 3.92. The zero-order chi connectivity index (χ0) is 21.8. The molecule has 1 aromatic carbocycles. The molecule has 2 aliphatic rings. The van der Waals surface area contributed by atoms with E-state index in [2.05, 4.69) is 21.2 Å². The topological polar surface area (TPSA) is 96.6 Å². The molecular formula is C20H25ClN4O4S2. The Bertz CT molecular complexity index is 1020. The molecule has 4 rings (SSSR count). The van der Waals surface area contributed by atoms with E-state index < -0.39 is 9.84 Å². The van der Waals surface area contributed by atoms with Crippen LogP contribution in [-0.4, -0.2) is 77.8 Å². The molecule has 1 aromatic heterocycles. The van der Waals surface area contributed by atoms with E-state index in [0.717, 1.165) is 24.7 Å². The van der Waals surface area contributed by atoms with Gasteiger partial charge in [-0.3, -0.25) is 9.69 Å². The standard InChI is InChI=1S/C20H25ClN4O4S2/c21-17-3-1-2-15(10-17)12-24-5-7-25(8-6-24)19(26)13-30-20-23-22-18(29-20)11-16-4-9-31(27,28)14-16/h1-3,10,16H,4-9,11-14H2. The smallest absolute Gasteiger partial charge is 0.277 e. The zero-order valence-corrected chi connectivity index (χ0v) is 19.5. The van der Waals surface area contributed by atoms with Gasteiger partial charge in [-0.25, -0.2) is 8.42 Å². The third-order valence-corrected chi connectivity index (χ3v) is 8.45. The van der Waals surface area contributed by atoms with Gasteiger partial charge in [0, 0.05) is 44.2 Å². The molecule has 2 fully saturated rings. The summed E-state index contributed by atoms with van der Waals surface area (Å²) in [4.78, 5) is 16.7. The number of aromatic nitrogens is 2. The van der Waals surface area contributed by atoms with Crippen molar-refractivity contribution in [3.8, 4) is 0 Å². The number of amides is 1. The molecule has 0 aliphatic carbocycles. The second-order valence-electron chi connectivity index (χ2n) is 8.01. The molecule has 0 bridgehead atoms. The highest BCUT2D eigenvalue weighted by atomic mass is 35.5. The number of nitrogens with zero attached hydrogens (tertiary/aromatic N) is 4. The first-order valence-electron chi connectivity index (χ1n) is 10.3. The van der Waals surface area contributed by atoms with Crippen LogP contribution in [0.15, 0.2) is 33.9 Å². The third-order valence-electron chi connectivity index (χ3n) is 5.58. The van der Waals surface area contributed by atoms with E-state index in [0.29, 0.717) is 37.0 Å². The van der Waals surface area contributed by atoms with Crippen LogP contribution in [-0.2, 0) is 27.6 Å². The van der Waals surface area contributed by atoms with Gasteiger partial charge in [0.1, 0.15) is 0 Å². The van der Waals surface area contributed by atoms with E-state index in [1.807, 2.05) is 23.1 Å². The summed E-state index contributed by atoms with van der Waals surface area (Å²) in [6.07, 6.45) is 1.10. The lowest BCUT2D eigenvalue weighted by Crippen LogP contribution is -2.48. The van der Waals surface area contributed by atoms with Crippen LogP contribution in [0, 0.1) is 5.92 Å². The molecule has 0 radical (unpaired) electrons. The van der Waals surface area contributed by atoms with Crippen LogP contribution in [0.3, 0.4) is 0 Å². The molecule has 0 N–H and O–H groups in total. The molecule has 31 heavy (non-hydrogen) atoms. The van der Waals surface area contributed by atoms with Crippen molar-refractivity contribution in [1.29, 1.82) is 0 Å². The fraction of sp³-hybridized carbons (Fsp3) is 0.550. The quantitative estimate of drug-likeness (QED) is 0.551. The van der Waals surface area contributed by atoms with Gasteiger partial charge >= 0.3 is 0 Å². The second-order valence-corrected chi connectivity index (χ2v) is 11.6. The number of hydrogen-bond acceptors (Lipinski definition) is 8. The Morgan fingerprint density at radius 1 is 1.23 bits per heavy atom. The maximum Gasteiger partial charge on any atom is 0.277 e. The van der Waals surface area contributed by atoms with E-state index in [1.54, 1.807) is 0 Å². The number of sulfone groups is 1. The van der Waals surface area contributed by atoms with Crippen molar-refractivity contribution in [2.24, 2.45) is 5.92 Å². The number of rotatable bonds is 7. The van der Waals surface area contributed by atoms with Crippen LogP contribution in [0.5, 0.6) is 0 Å². The van der Waals surface area contributed by atoms with Gasteiger partial charge < -0.3 is 9.32 Å². The second kappa shape index (κ2) is 9.89. The highest BCUT2D eigenvalue weighted by Crippen LogP contribution is 2.24. The van der Waals surface area contributed by atoms with Crippen molar-refractivity contribution in [3.05, 3.63) is 40.7 Å². The van der Waals surface area contributed by atoms with E-state index >= 15 is 0 Å². The summed E-state index contributed by atoms with van der Waals surface area (Å²) in [5.41, 5.74) is 1.17. The number of hydrogen-bond donors (Lipinski definition) is 0. The molecule has 168 valence electrons. The van der Waals surface area contributed by atoms with E-state index in [4.69, 9.17) is 16.0 Å². The van der Waals surface area contributed by atoms with Crippen molar-refractivity contribution in [2.75, 3.05) is 43.4 Å². The molecular weight excluding hydrogens is 460 g/mol. The molecule has 0 saturated carbocycles. The lowest BCUT2D eigenvalue weighted by Gasteiger charge is -2.34. The Morgan fingerprint density at radius 2 is 2.03 bits per heavy atom. The van der Waals surface area contributed by atoms with Crippen LogP contribution in [0.4, 0.5) is 0 Å². The normalized spacial score (nSPS) is 21.5. The van der Waals surface area contributed by atoms with Gasteiger partial charge in [-0.15, -0.1) is 10.2 Å². The Kier molecular flexibility index (Phi) is 7.20. The molecule has 1 atom stereocenters. The minimum atomic E-state index is -2.92. The number of carbonyl (C=O) groups is 1. The largest absolute Gasteiger partial charge is 0.416 e. The SMILES string of the molecule is O=C(CSc1nnc(CC2CCS(=O)(=O)C2)o1)N1CCN(Cc2cccc(Cl)c2)CC1. The fourth-order valence-corrected chi connectivity index (χ4v) is 6.68. The molecule has 1 amide bonds. The van der Waals surface area contributed by atoms with Crippen molar-refractivity contribution >= 4 is 39.1 Å². The Hall–Kier alpha value is -1.62. The van der Waals surface area contributed by atoms with Crippen LogP contribution in [0.2, 0.25) is 5.02 Å². The summed E-state index contributed by atoms with van der Waals surface area (Å²) in [5.74, 6) is 1.18. The maximum atomic E-state index is 12.6. The molecule has 11 heteroatoms. The predicted octanol–water partition coefficient (Wildman–Crippen LogP) is 2.14. The van der Waals surface area contributed by atoms with Gasteiger partial charge in [0.25, 0.3) is 5.22 Å². The van der Waals surface area contributed by atoms with E-state index in [1.165, 1.54) is 17.3 Å². The van der Waals surface area contributed by atoms with Gasteiger partial charge in [0.15, 0.2) is 9.84 Å². The molecule has 8 nitrogen and oxygen atoms in total. The first-order valence-corrected chi connectivity index (χ1v) is 13.4. The van der Waals surface area contributed by atoms with Crippen LogP contribution >= 0.6 is 23.4 Å². The van der Waals surface area contributed by atoms with Crippen LogP contribution in [0.25, 0.3) is 0 Å². The van der Waals surface area contributed by atoms with Crippen molar-refractivity contribution in [2.45, 2.75) is 24.6 Å². The summed E-state index contributed by atoms with van der Waals surface area (Å²) in [7, 11) is -2.92. The minimum absolute atomic E-state index is 0.0353. The number of benzene rings is 1. The third kappa shape index (κ3) is 6.44. The maximum absolute atomic E-state index is 12.6. The lowest BCUT2D eigenvalue weighted by molar-refractivity contribution is -0.130. The van der Waals surface area contributed by atoms with Crippen LogP contribution in [0.1, 0.15) is 17.9 Å². The summed E-state index contributed by atoms with van der Waals surface area (Å²) in [6.45, 7) is 3.83. The first-order chi connectivity index (χ1) is 14.9. The van der Waals surface area contributed by atoms with Gasteiger partial charge in [0.2, 0.25) is 11.8 Å². The monoisotopic (exact) mass is 484 g/mol. The Balaban J connectivity index is 1.19. The average molecular weight is 485 g/mol. The number of thioether (sulfide) groups is 1. The lowest BCUT2D eigenvalue weighted by atomic mass is 10.1. The van der Waals surface area contributed by atoms with Crippen molar-refractivity contribution in [3.63, 3.8) is 0 Å². The highest BCUT2D eigenvalue weighted by molar-refractivity contribution is 7.99. The first kappa shape index (κ1) is 22.6. The predicted molar refractivity (Wildman–Crippen MR) is 119 cm³/mol. The molecule has 3 heterocycles. The van der Waals surface area contributed by atoms with Gasteiger partial charge in [-0.1, -0.05) is 35.5 Å². The van der Waals surface area contributed by atoms with Crippen molar-refractivity contribution in [1.82, 2.24) is 20.0 Å². The molecule has 1 unspecified atom stereocenters. The number of piperazine rings is 1. The molecule has 2 saturated heterocycles. The summed E-state index contributed by atoms with van der Waals surface area (Å²) < 4.78 is 28.7. The summed E-state index contributed by atoms with van der Waals surface area (Å²) in [6, 6.07) is 7.85. The van der Waals surface area contributed by atoms with Crippen molar-refractivity contribution < 1.29 is 17.6 Å². The Morgan fingerprint density at radius 3 is 2.74 bits per heavy atom. The van der Waals surface area contributed by atoms with Gasteiger partial charge in [-0.05, 0) is 30.0 Å². The molecule has 0 spiro atoms. The molecule has 2 aromatic rings. The average Bonchev–Trinajstić information content (AvgIpc) is 3.32.